The van der Waals surface area contributed by atoms with Crippen LogP contribution in [0.5, 0.6) is 11.5 Å². The van der Waals surface area contributed by atoms with Gasteiger partial charge in [-0.3, -0.25) is 0 Å². The normalized spacial score (nSPS) is 10.5. The van der Waals surface area contributed by atoms with Crippen LogP contribution >= 0.6 is 23.2 Å². The molecule has 3 nitrogen and oxygen atoms in total. The van der Waals surface area contributed by atoms with E-state index in [0.717, 1.165) is 6.08 Å². The second-order valence-electron chi connectivity index (χ2n) is 3.73. The zero-order chi connectivity index (χ0) is 14.4. The third-order valence-electron chi connectivity index (χ3n) is 2.25. The molecule has 102 valence electrons. The van der Waals surface area contributed by atoms with Crippen molar-refractivity contribution < 1.29 is 14.3 Å². The lowest BCUT2D eigenvalue weighted by molar-refractivity contribution is -0.129. The van der Waals surface area contributed by atoms with Gasteiger partial charge < -0.3 is 9.47 Å². The zero-order valence-corrected chi connectivity index (χ0v) is 11.8. The van der Waals surface area contributed by atoms with Gasteiger partial charge in [-0.1, -0.05) is 41.4 Å². The van der Waals surface area contributed by atoms with Gasteiger partial charge in [0.15, 0.2) is 0 Å². The summed E-state index contributed by atoms with van der Waals surface area (Å²) >= 11 is 11.7. The van der Waals surface area contributed by atoms with E-state index >= 15 is 0 Å². The predicted molar refractivity (Wildman–Crippen MR) is 78.3 cm³/mol. The first-order valence-electron chi connectivity index (χ1n) is 5.70. The first kappa shape index (κ1) is 14.4. The van der Waals surface area contributed by atoms with E-state index in [1.54, 1.807) is 42.5 Å². The standard InChI is InChI=1S/C15H10Cl2O3/c16-11-6-7-14(13(17)10-11)19-9-8-15(18)20-12-4-2-1-3-5-12/h1-10H/b9-8+. The predicted octanol–water partition coefficient (Wildman–Crippen LogP) is 4.49. The van der Waals surface area contributed by atoms with E-state index in [4.69, 9.17) is 32.7 Å². The van der Waals surface area contributed by atoms with Crippen LogP contribution in [0.25, 0.3) is 0 Å². The second kappa shape index (κ2) is 6.98. The van der Waals surface area contributed by atoms with Crippen molar-refractivity contribution in [1.82, 2.24) is 0 Å². The van der Waals surface area contributed by atoms with Crippen molar-refractivity contribution in [2.24, 2.45) is 0 Å². The molecule has 0 aliphatic heterocycles. The summed E-state index contributed by atoms with van der Waals surface area (Å²) in [6.07, 6.45) is 2.37. The van der Waals surface area contributed by atoms with Crippen molar-refractivity contribution in [1.29, 1.82) is 0 Å². The molecule has 2 aromatic carbocycles. The molecular formula is C15H10Cl2O3. The molecule has 0 spiro atoms. The largest absolute Gasteiger partial charge is 0.463 e. The third kappa shape index (κ3) is 4.30. The maximum Gasteiger partial charge on any atom is 0.339 e. The van der Waals surface area contributed by atoms with Gasteiger partial charge in [0.25, 0.3) is 0 Å². The number of carbonyl (C=O) groups excluding carboxylic acids is 1. The molecule has 20 heavy (non-hydrogen) atoms. The average Bonchev–Trinajstić information content (AvgIpc) is 2.42. The molecule has 0 saturated heterocycles. The van der Waals surface area contributed by atoms with Crippen LogP contribution in [0.15, 0.2) is 60.9 Å². The first-order chi connectivity index (χ1) is 9.65. The molecule has 0 unspecified atom stereocenters. The molecular weight excluding hydrogens is 299 g/mol. The Morgan fingerprint density at radius 3 is 2.50 bits per heavy atom. The van der Waals surface area contributed by atoms with E-state index in [9.17, 15) is 4.79 Å². The maximum absolute atomic E-state index is 11.5. The number of esters is 1. The number of rotatable bonds is 4. The summed E-state index contributed by atoms with van der Waals surface area (Å²) in [7, 11) is 0. The lowest BCUT2D eigenvalue weighted by Gasteiger charge is -2.03. The Morgan fingerprint density at radius 2 is 1.80 bits per heavy atom. The highest BCUT2D eigenvalue weighted by atomic mass is 35.5. The molecule has 0 heterocycles. The highest BCUT2D eigenvalue weighted by molar-refractivity contribution is 6.35. The number of halogens is 2. The van der Waals surface area contributed by atoms with Gasteiger partial charge in [-0.15, -0.1) is 0 Å². The minimum atomic E-state index is -0.540. The van der Waals surface area contributed by atoms with Crippen LogP contribution in [0.3, 0.4) is 0 Å². The van der Waals surface area contributed by atoms with Gasteiger partial charge in [-0.2, -0.15) is 0 Å². The minimum absolute atomic E-state index is 0.360. The summed E-state index contributed by atoms with van der Waals surface area (Å²) in [6.45, 7) is 0. The van der Waals surface area contributed by atoms with E-state index < -0.39 is 5.97 Å². The molecule has 0 saturated carbocycles. The van der Waals surface area contributed by atoms with Crippen LogP contribution < -0.4 is 9.47 Å². The molecule has 5 heteroatoms. The minimum Gasteiger partial charge on any atom is -0.463 e. The molecule has 0 bridgehead atoms. The van der Waals surface area contributed by atoms with Crippen LogP contribution in [0.1, 0.15) is 0 Å². The number of hydrogen-bond acceptors (Lipinski definition) is 3. The number of benzene rings is 2. The Morgan fingerprint density at radius 1 is 1.05 bits per heavy atom. The van der Waals surface area contributed by atoms with E-state index in [0.29, 0.717) is 21.5 Å². The summed E-state index contributed by atoms with van der Waals surface area (Å²) in [5, 5.41) is 0.869. The van der Waals surface area contributed by atoms with Crippen molar-refractivity contribution >= 4 is 29.2 Å². The van der Waals surface area contributed by atoms with Gasteiger partial charge in [-0.25, -0.2) is 4.79 Å². The van der Waals surface area contributed by atoms with Gasteiger partial charge in [-0.05, 0) is 30.3 Å². The molecule has 0 aliphatic carbocycles. The maximum atomic E-state index is 11.5. The van der Waals surface area contributed by atoms with E-state index in [2.05, 4.69) is 0 Å². The Labute approximate surface area is 126 Å². The molecule has 0 fully saturated rings. The van der Waals surface area contributed by atoms with Crippen LogP contribution in [0, 0.1) is 0 Å². The number of hydrogen-bond donors (Lipinski definition) is 0. The Bertz CT molecular complexity index is 624. The highest BCUT2D eigenvalue weighted by Gasteiger charge is 2.02. The Balaban J connectivity index is 1.91. The summed E-state index contributed by atoms with van der Waals surface area (Å²) in [5.41, 5.74) is 0. The molecule has 0 N–H and O–H groups in total. The SMILES string of the molecule is O=C(/C=C/Oc1ccc(Cl)cc1Cl)Oc1ccccc1. The number of para-hydroxylation sites is 1. The fraction of sp³-hybridized carbons (Fsp3) is 0. The van der Waals surface area contributed by atoms with Gasteiger partial charge in [0.1, 0.15) is 11.5 Å². The van der Waals surface area contributed by atoms with E-state index in [1.165, 1.54) is 6.26 Å². The smallest absolute Gasteiger partial charge is 0.339 e. The third-order valence-corrected chi connectivity index (χ3v) is 2.79. The summed E-state index contributed by atoms with van der Waals surface area (Å²) < 4.78 is 10.3. The molecule has 0 atom stereocenters. The van der Waals surface area contributed by atoms with Crippen molar-refractivity contribution in [3.8, 4) is 11.5 Å². The topological polar surface area (TPSA) is 35.5 Å². The quantitative estimate of drug-likeness (QED) is 0.361. The van der Waals surface area contributed by atoms with Gasteiger partial charge in [0, 0.05) is 5.02 Å². The van der Waals surface area contributed by atoms with E-state index in [1.807, 2.05) is 6.07 Å². The molecule has 2 aromatic rings. The molecule has 0 amide bonds. The van der Waals surface area contributed by atoms with Crippen LogP contribution in [0.4, 0.5) is 0 Å². The average molecular weight is 309 g/mol. The molecule has 0 aliphatic rings. The Hall–Kier alpha value is -1.97. The van der Waals surface area contributed by atoms with Crippen molar-refractivity contribution in [2.75, 3.05) is 0 Å². The number of carbonyl (C=O) groups is 1. The van der Waals surface area contributed by atoms with Crippen molar-refractivity contribution in [3.05, 3.63) is 70.9 Å². The van der Waals surface area contributed by atoms with Crippen LogP contribution in [0.2, 0.25) is 10.0 Å². The van der Waals surface area contributed by atoms with Gasteiger partial charge in [0.05, 0.1) is 17.4 Å². The summed E-state index contributed by atoms with van der Waals surface area (Å²) in [4.78, 5) is 11.5. The zero-order valence-electron chi connectivity index (χ0n) is 10.3. The monoisotopic (exact) mass is 308 g/mol. The molecule has 2 rings (SSSR count). The first-order valence-corrected chi connectivity index (χ1v) is 6.46. The lowest BCUT2D eigenvalue weighted by atomic mass is 10.3. The summed E-state index contributed by atoms with van der Waals surface area (Å²) in [6, 6.07) is 13.5. The van der Waals surface area contributed by atoms with Crippen molar-refractivity contribution in [3.63, 3.8) is 0 Å². The lowest BCUT2D eigenvalue weighted by Crippen LogP contribution is -2.04. The van der Waals surface area contributed by atoms with Crippen LogP contribution in [-0.2, 0) is 4.79 Å². The van der Waals surface area contributed by atoms with Gasteiger partial charge >= 0.3 is 5.97 Å². The van der Waals surface area contributed by atoms with Crippen molar-refractivity contribution in [2.45, 2.75) is 0 Å². The molecule has 0 radical (unpaired) electrons. The highest BCUT2D eigenvalue weighted by Crippen LogP contribution is 2.27. The van der Waals surface area contributed by atoms with Crippen LogP contribution in [-0.4, -0.2) is 5.97 Å². The Kier molecular flexibility index (Phi) is 5.04. The summed E-state index contributed by atoms with van der Waals surface area (Å²) in [5.74, 6) is 0.327. The fourth-order valence-electron chi connectivity index (χ4n) is 1.37. The second-order valence-corrected chi connectivity index (χ2v) is 4.57. The van der Waals surface area contributed by atoms with Gasteiger partial charge in [0.2, 0.25) is 0 Å². The number of ether oxygens (including phenoxy) is 2. The molecule has 0 aromatic heterocycles. The van der Waals surface area contributed by atoms with E-state index in [-0.39, 0.29) is 0 Å². The fourth-order valence-corrected chi connectivity index (χ4v) is 1.83.